The second-order valence-electron chi connectivity index (χ2n) is 18.4. The topological polar surface area (TPSA) is 31.0 Å². The number of nitrogens with zero attached hydrogens (tertiary/aromatic N) is 8. The lowest BCUT2D eigenvalue weighted by atomic mass is 10.1. The van der Waals surface area contributed by atoms with E-state index in [1.54, 1.807) is 0 Å². The SMILES string of the molecule is CCCC[n+]1ccc(-c2cc[n+](CCCC[n+]3ccc(-c4cc[n+](CCCC[n+]5ccc(-c6cc[n+](CCCC[n+]7ccc(-c8cc[n+](CCCC)cc8)cc7)cc6)cc5)cc4)cc3)cc2)cc1. The quantitative estimate of drug-likeness (QED) is 0.0407. The van der Waals surface area contributed by atoms with Gasteiger partial charge in [0, 0.05) is 148 Å². The van der Waals surface area contributed by atoms with E-state index < -0.39 is 0 Å². The van der Waals surface area contributed by atoms with Gasteiger partial charge in [0.2, 0.25) is 0 Å². The summed E-state index contributed by atoms with van der Waals surface area (Å²) in [6.45, 7) is 12.8. The Morgan fingerprint density at radius 2 is 0.309 bits per heavy atom. The fraction of sp³-hybridized carbons (Fsp3) is 0.333. The van der Waals surface area contributed by atoms with Gasteiger partial charge in [0.05, 0.1) is 0 Å². The molecule has 0 unspecified atom stereocenters. The van der Waals surface area contributed by atoms with Gasteiger partial charge in [0.25, 0.3) is 0 Å². The van der Waals surface area contributed by atoms with E-state index in [0.29, 0.717) is 0 Å². The summed E-state index contributed by atoms with van der Waals surface area (Å²) in [6.07, 6.45) is 47.2. The van der Waals surface area contributed by atoms with Gasteiger partial charge in [-0.05, 0) is 44.5 Å². The molecule has 8 rings (SSSR count). The highest BCUT2D eigenvalue weighted by Crippen LogP contribution is 2.19. The highest BCUT2D eigenvalue weighted by molar-refractivity contribution is 5.63. The van der Waals surface area contributed by atoms with Crippen molar-refractivity contribution in [1.82, 2.24) is 0 Å². The molecule has 0 saturated heterocycles. The summed E-state index contributed by atoms with van der Waals surface area (Å²) in [7, 11) is 0. The standard InChI is InChI=1S/C60H74N8/c1-3-5-29-61-37-13-53(14-38-61)55-17-41-63(42-18-55)31-7-9-33-65-45-21-57(22-46-65)59-25-49-67(50-26-59)35-11-12-36-68-51-27-60(28-52-68)58-23-47-66(48-24-58)34-10-8-32-64-43-19-56(20-44-64)54-15-39-62(40-16-54)30-6-4-2/h13-28,37-52H,3-12,29-36H2,1-2H3/q+8. The Morgan fingerprint density at radius 3 is 0.426 bits per heavy atom. The van der Waals surface area contributed by atoms with Crippen molar-refractivity contribution in [2.24, 2.45) is 0 Å². The minimum Gasteiger partial charge on any atom is -0.205 e. The maximum Gasteiger partial charge on any atom is 0.169 e. The van der Waals surface area contributed by atoms with Crippen molar-refractivity contribution >= 4 is 0 Å². The zero-order valence-corrected chi connectivity index (χ0v) is 40.8. The minimum atomic E-state index is 1.02. The van der Waals surface area contributed by atoms with Crippen LogP contribution >= 0.6 is 0 Å². The normalized spacial score (nSPS) is 11.3. The first kappa shape index (κ1) is 47.7. The van der Waals surface area contributed by atoms with Gasteiger partial charge in [-0.3, -0.25) is 0 Å². The van der Waals surface area contributed by atoms with Crippen LogP contribution in [0.3, 0.4) is 0 Å². The first-order chi connectivity index (χ1) is 33.6. The smallest absolute Gasteiger partial charge is 0.169 e. The van der Waals surface area contributed by atoms with Crippen molar-refractivity contribution < 1.29 is 36.5 Å². The average Bonchev–Trinajstić information content (AvgIpc) is 3.40. The number of hydrogen-bond donors (Lipinski definition) is 0. The van der Waals surface area contributed by atoms with Crippen LogP contribution in [-0.4, -0.2) is 0 Å². The number of aromatic nitrogens is 8. The molecule has 0 bridgehead atoms. The Hall–Kier alpha value is -6.80. The average molecular weight is 907 g/mol. The van der Waals surface area contributed by atoms with Crippen LogP contribution in [0.2, 0.25) is 0 Å². The van der Waals surface area contributed by atoms with Crippen LogP contribution < -0.4 is 36.5 Å². The van der Waals surface area contributed by atoms with E-state index in [1.807, 2.05) is 0 Å². The third-order valence-corrected chi connectivity index (χ3v) is 13.3. The monoisotopic (exact) mass is 907 g/mol. The van der Waals surface area contributed by atoms with Crippen molar-refractivity contribution in [3.8, 4) is 44.5 Å². The van der Waals surface area contributed by atoms with Crippen LogP contribution in [0.15, 0.2) is 196 Å². The lowest BCUT2D eigenvalue weighted by Gasteiger charge is -2.03. The van der Waals surface area contributed by atoms with E-state index in [9.17, 15) is 0 Å². The first-order valence-electron chi connectivity index (χ1n) is 25.5. The molecular weight excluding hydrogens is 833 g/mol. The van der Waals surface area contributed by atoms with Gasteiger partial charge in [-0.1, -0.05) is 26.7 Å². The molecule has 8 heteroatoms. The maximum absolute atomic E-state index is 2.31. The number of hydrogen-bond acceptors (Lipinski definition) is 0. The first-order valence-corrected chi connectivity index (χ1v) is 25.5. The Morgan fingerprint density at radius 1 is 0.191 bits per heavy atom. The van der Waals surface area contributed by atoms with Crippen LogP contribution in [0.25, 0.3) is 44.5 Å². The maximum atomic E-state index is 2.31. The van der Waals surface area contributed by atoms with Crippen LogP contribution in [0.1, 0.15) is 78.1 Å². The van der Waals surface area contributed by atoms with Gasteiger partial charge < -0.3 is 0 Å². The summed E-state index contributed by atoms with van der Waals surface area (Å²) in [4.78, 5) is 0. The van der Waals surface area contributed by atoms with E-state index in [1.165, 1.54) is 70.2 Å². The van der Waals surface area contributed by atoms with E-state index in [0.717, 1.165) is 90.9 Å². The summed E-state index contributed by atoms with van der Waals surface area (Å²) < 4.78 is 18.4. The molecule has 8 nitrogen and oxygen atoms in total. The third kappa shape index (κ3) is 14.4. The fourth-order valence-corrected chi connectivity index (χ4v) is 8.84. The summed E-state index contributed by atoms with van der Waals surface area (Å²) in [5, 5.41) is 0. The van der Waals surface area contributed by atoms with Gasteiger partial charge in [0.15, 0.2) is 99.1 Å². The lowest BCUT2D eigenvalue weighted by molar-refractivity contribution is -0.708. The Kier molecular flexibility index (Phi) is 17.8. The Balaban J connectivity index is 0.687. The van der Waals surface area contributed by atoms with Crippen molar-refractivity contribution in [2.45, 2.75) is 130 Å². The Bertz CT molecular complexity index is 2490. The molecule has 0 aliphatic rings. The molecule has 8 aromatic rings. The molecule has 346 valence electrons. The zero-order chi connectivity index (χ0) is 46.6. The van der Waals surface area contributed by atoms with Gasteiger partial charge >= 0.3 is 0 Å². The van der Waals surface area contributed by atoms with Crippen molar-refractivity contribution in [1.29, 1.82) is 0 Å². The molecule has 0 fully saturated rings. The highest BCUT2D eigenvalue weighted by Gasteiger charge is 2.12. The van der Waals surface area contributed by atoms with E-state index >= 15 is 0 Å². The molecule has 0 radical (unpaired) electrons. The third-order valence-electron chi connectivity index (χ3n) is 13.3. The molecular formula is C60H74N8+8. The van der Waals surface area contributed by atoms with Gasteiger partial charge in [-0.15, -0.1) is 0 Å². The summed E-state index contributed by atoms with van der Waals surface area (Å²) in [5.74, 6) is 0. The molecule has 0 saturated carbocycles. The summed E-state index contributed by atoms with van der Waals surface area (Å²) in [6, 6.07) is 35.8. The molecule has 0 spiro atoms. The second-order valence-corrected chi connectivity index (χ2v) is 18.4. The van der Waals surface area contributed by atoms with Crippen molar-refractivity contribution in [3.05, 3.63) is 196 Å². The van der Waals surface area contributed by atoms with Crippen LogP contribution in [-0.2, 0) is 52.4 Å². The minimum absolute atomic E-state index is 1.02. The molecule has 68 heavy (non-hydrogen) atoms. The summed E-state index contributed by atoms with van der Waals surface area (Å²) in [5.41, 5.74) is 10.1. The number of aryl methyl sites for hydroxylation is 8. The van der Waals surface area contributed by atoms with Gasteiger partial charge in [-0.25, -0.2) is 36.5 Å². The summed E-state index contributed by atoms with van der Waals surface area (Å²) >= 11 is 0. The van der Waals surface area contributed by atoms with Crippen molar-refractivity contribution in [2.75, 3.05) is 0 Å². The van der Waals surface area contributed by atoms with Gasteiger partial charge in [0.1, 0.15) is 52.4 Å². The largest absolute Gasteiger partial charge is 0.205 e. The Labute approximate surface area is 406 Å². The molecule has 0 atom stereocenters. The van der Waals surface area contributed by atoms with E-state index in [4.69, 9.17) is 0 Å². The van der Waals surface area contributed by atoms with Gasteiger partial charge in [-0.2, -0.15) is 0 Å². The predicted octanol–water partition coefficient (Wildman–Crippen LogP) is 8.70. The molecule has 8 heterocycles. The van der Waals surface area contributed by atoms with Crippen LogP contribution in [0.4, 0.5) is 0 Å². The van der Waals surface area contributed by atoms with E-state index in [2.05, 4.69) is 247 Å². The number of rotatable bonds is 25. The second kappa shape index (κ2) is 25.4. The predicted molar refractivity (Wildman–Crippen MR) is 267 cm³/mol. The lowest BCUT2D eigenvalue weighted by Crippen LogP contribution is -2.35. The molecule has 8 aromatic heterocycles. The van der Waals surface area contributed by atoms with Crippen LogP contribution in [0, 0.1) is 0 Å². The molecule has 0 N–H and O–H groups in total. The highest BCUT2D eigenvalue weighted by atomic mass is 15.0. The molecule has 0 aromatic carbocycles. The molecule has 0 aliphatic carbocycles. The number of unbranched alkanes of at least 4 members (excludes halogenated alkanes) is 5. The van der Waals surface area contributed by atoms with Crippen LogP contribution in [0.5, 0.6) is 0 Å². The zero-order valence-electron chi connectivity index (χ0n) is 40.8. The number of pyridine rings is 8. The van der Waals surface area contributed by atoms with Crippen molar-refractivity contribution in [3.63, 3.8) is 0 Å². The fourth-order valence-electron chi connectivity index (χ4n) is 8.84. The molecule has 0 aliphatic heterocycles. The molecule has 0 amide bonds. The van der Waals surface area contributed by atoms with E-state index in [-0.39, 0.29) is 0 Å².